The Hall–Kier alpha value is -1.07. The molecule has 2 aromatic rings. The largest absolute Gasteiger partial charge is 0.273 e. The lowest BCUT2D eigenvalue weighted by atomic mass is 10.0. The lowest BCUT2D eigenvalue weighted by Crippen LogP contribution is -2.38. The zero-order valence-electron chi connectivity index (χ0n) is 11.3. The average Bonchev–Trinajstić information content (AvgIpc) is 2.89. The molecule has 1 aromatic heterocycles. The second kappa shape index (κ2) is 7.09. The smallest absolute Gasteiger partial charge is 0.0522 e. The maximum Gasteiger partial charge on any atom is 0.0522 e. The molecule has 3 N–H and O–H groups in total. The summed E-state index contributed by atoms with van der Waals surface area (Å²) in [4.78, 5) is 0. The number of nitrogens with two attached hydrogens (primary N) is 1. The number of benzene rings is 1. The van der Waals surface area contributed by atoms with Crippen LogP contribution in [0.15, 0.2) is 30.6 Å². The van der Waals surface area contributed by atoms with Gasteiger partial charge in [-0.25, -0.2) is 0 Å². The number of aromatic nitrogens is 2. The summed E-state index contributed by atoms with van der Waals surface area (Å²) in [5.41, 5.74) is 4.88. The van der Waals surface area contributed by atoms with E-state index in [-0.39, 0.29) is 6.04 Å². The number of nitrogens with zero attached hydrogens (tertiary/aromatic N) is 2. The summed E-state index contributed by atoms with van der Waals surface area (Å²) in [6.07, 6.45) is 5.34. The van der Waals surface area contributed by atoms with E-state index in [1.54, 1.807) is 0 Å². The first-order valence-corrected chi connectivity index (χ1v) is 7.30. The number of hydrogen-bond acceptors (Lipinski definition) is 3. The number of hydrogen-bond donors (Lipinski definition) is 2. The van der Waals surface area contributed by atoms with Crippen LogP contribution in [-0.2, 0) is 19.4 Å². The predicted octanol–water partition coefficient (Wildman–Crippen LogP) is 2.83. The van der Waals surface area contributed by atoms with Crippen molar-refractivity contribution in [2.24, 2.45) is 5.84 Å². The van der Waals surface area contributed by atoms with Gasteiger partial charge in [-0.15, -0.1) is 0 Å². The molecule has 0 fully saturated rings. The van der Waals surface area contributed by atoms with E-state index in [0.29, 0.717) is 16.5 Å². The average molecular weight is 313 g/mol. The normalized spacial score (nSPS) is 12.6. The maximum absolute atomic E-state index is 6.19. The molecule has 0 aliphatic heterocycles. The van der Waals surface area contributed by atoms with Crippen molar-refractivity contribution in [1.29, 1.82) is 0 Å². The van der Waals surface area contributed by atoms with Crippen LogP contribution in [0.25, 0.3) is 0 Å². The molecule has 1 unspecified atom stereocenters. The van der Waals surface area contributed by atoms with Crippen LogP contribution >= 0.6 is 23.2 Å². The van der Waals surface area contributed by atoms with E-state index in [4.69, 9.17) is 29.0 Å². The topological polar surface area (TPSA) is 55.9 Å². The van der Waals surface area contributed by atoms with Crippen LogP contribution in [0.2, 0.25) is 10.0 Å². The molecule has 0 saturated carbocycles. The lowest BCUT2D eigenvalue weighted by molar-refractivity contribution is 0.522. The SMILES string of the molecule is CCn1cc(CC(Cc2c(Cl)cccc2Cl)NN)cn1. The van der Waals surface area contributed by atoms with Gasteiger partial charge in [0.15, 0.2) is 0 Å². The van der Waals surface area contributed by atoms with Crippen molar-refractivity contribution in [2.75, 3.05) is 0 Å². The molecule has 4 nitrogen and oxygen atoms in total. The number of nitrogens with one attached hydrogen (secondary N) is 1. The van der Waals surface area contributed by atoms with E-state index >= 15 is 0 Å². The second-order valence-corrected chi connectivity index (χ2v) is 5.49. The fraction of sp³-hybridized carbons (Fsp3) is 0.357. The number of halogens is 2. The maximum atomic E-state index is 6.19. The van der Waals surface area contributed by atoms with Crippen molar-refractivity contribution in [1.82, 2.24) is 15.2 Å². The van der Waals surface area contributed by atoms with Crippen molar-refractivity contribution >= 4 is 23.2 Å². The Kier molecular flexibility index (Phi) is 5.43. The summed E-state index contributed by atoms with van der Waals surface area (Å²) in [5.74, 6) is 5.64. The van der Waals surface area contributed by atoms with Crippen molar-refractivity contribution in [3.8, 4) is 0 Å². The first-order chi connectivity index (χ1) is 9.63. The minimum absolute atomic E-state index is 0.0573. The molecule has 0 aliphatic carbocycles. The van der Waals surface area contributed by atoms with E-state index in [9.17, 15) is 0 Å². The van der Waals surface area contributed by atoms with E-state index in [2.05, 4.69) is 17.4 Å². The van der Waals surface area contributed by atoms with Crippen LogP contribution < -0.4 is 11.3 Å². The van der Waals surface area contributed by atoms with E-state index < -0.39 is 0 Å². The summed E-state index contributed by atoms with van der Waals surface area (Å²) >= 11 is 12.4. The molecule has 0 amide bonds. The van der Waals surface area contributed by atoms with E-state index in [1.165, 1.54) is 0 Å². The Morgan fingerprint density at radius 1 is 1.30 bits per heavy atom. The fourth-order valence-electron chi connectivity index (χ4n) is 2.13. The Bertz CT molecular complexity index is 548. The first kappa shape index (κ1) is 15.3. The van der Waals surface area contributed by atoms with Crippen LogP contribution in [0.1, 0.15) is 18.1 Å². The van der Waals surface area contributed by atoms with Crippen LogP contribution in [0.3, 0.4) is 0 Å². The molecular formula is C14H18Cl2N4. The van der Waals surface area contributed by atoms with Gasteiger partial charge < -0.3 is 0 Å². The molecule has 0 spiro atoms. The van der Waals surface area contributed by atoms with Crippen molar-refractivity contribution in [3.05, 3.63) is 51.8 Å². The van der Waals surface area contributed by atoms with Gasteiger partial charge >= 0.3 is 0 Å². The number of aryl methyl sites for hydroxylation is 1. The molecule has 0 aliphatic rings. The van der Waals surface area contributed by atoms with Crippen LogP contribution in [0, 0.1) is 0 Å². The second-order valence-electron chi connectivity index (χ2n) is 4.68. The quantitative estimate of drug-likeness (QED) is 0.637. The summed E-state index contributed by atoms with van der Waals surface area (Å²) < 4.78 is 1.89. The third-order valence-electron chi connectivity index (χ3n) is 3.24. The van der Waals surface area contributed by atoms with E-state index in [1.807, 2.05) is 35.3 Å². The van der Waals surface area contributed by atoms with Gasteiger partial charge in [0.2, 0.25) is 0 Å². The van der Waals surface area contributed by atoms with Crippen LogP contribution in [0.4, 0.5) is 0 Å². The summed E-state index contributed by atoms with van der Waals surface area (Å²) in [5, 5.41) is 5.60. The molecule has 108 valence electrons. The summed E-state index contributed by atoms with van der Waals surface area (Å²) in [6.45, 7) is 2.91. The number of rotatable bonds is 6. The molecule has 0 bridgehead atoms. The summed E-state index contributed by atoms with van der Waals surface area (Å²) in [7, 11) is 0. The van der Waals surface area contributed by atoms with Gasteiger partial charge in [-0.2, -0.15) is 5.10 Å². The Morgan fingerprint density at radius 3 is 2.55 bits per heavy atom. The molecule has 1 atom stereocenters. The highest BCUT2D eigenvalue weighted by Crippen LogP contribution is 2.26. The zero-order chi connectivity index (χ0) is 14.5. The third-order valence-corrected chi connectivity index (χ3v) is 3.95. The van der Waals surface area contributed by atoms with Gasteiger partial charge in [0.25, 0.3) is 0 Å². The van der Waals surface area contributed by atoms with Crippen molar-refractivity contribution in [3.63, 3.8) is 0 Å². The third kappa shape index (κ3) is 3.73. The first-order valence-electron chi connectivity index (χ1n) is 6.54. The standard InChI is InChI=1S/C14H18Cl2N4/c1-2-20-9-10(8-18-20)6-11(19-17)7-12-13(15)4-3-5-14(12)16/h3-5,8-9,11,19H,2,6-7,17H2,1H3. The van der Waals surface area contributed by atoms with Crippen LogP contribution in [-0.4, -0.2) is 15.8 Å². The predicted molar refractivity (Wildman–Crippen MR) is 82.9 cm³/mol. The molecule has 1 aromatic carbocycles. The highest BCUT2D eigenvalue weighted by Gasteiger charge is 2.14. The molecule has 6 heteroatoms. The minimum atomic E-state index is 0.0573. The van der Waals surface area contributed by atoms with Gasteiger partial charge in [0.05, 0.1) is 6.20 Å². The minimum Gasteiger partial charge on any atom is -0.273 e. The molecule has 20 heavy (non-hydrogen) atoms. The van der Waals surface area contributed by atoms with Gasteiger partial charge in [0.1, 0.15) is 0 Å². The number of hydrazine groups is 1. The molecule has 0 radical (unpaired) electrons. The Morgan fingerprint density at radius 2 is 2.00 bits per heavy atom. The van der Waals surface area contributed by atoms with Gasteiger partial charge in [-0.05, 0) is 43.0 Å². The zero-order valence-corrected chi connectivity index (χ0v) is 12.8. The Labute approximate surface area is 128 Å². The van der Waals surface area contributed by atoms with Gasteiger partial charge in [-0.1, -0.05) is 29.3 Å². The highest BCUT2D eigenvalue weighted by molar-refractivity contribution is 6.36. The fourth-order valence-corrected chi connectivity index (χ4v) is 2.68. The van der Waals surface area contributed by atoms with Gasteiger partial charge in [0, 0.05) is 28.8 Å². The molecule has 0 saturated heterocycles. The lowest BCUT2D eigenvalue weighted by Gasteiger charge is -2.16. The molecule has 1 heterocycles. The monoisotopic (exact) mass is 312 g/mol. The van der Waals surface area contributed by atoms with Crippen LogP contribution in [0.5, 0.6) is 0 Å². The Balaban J connectivity index is 2.09. The van der Waals surface area contributed by atoms with Crippen molar-refractivity contribution < 1.29 is 0 Å². The molecule has 2 rings (SSSR count). The van der Waals surface area contributed by atoms with Crippen molar-refractivity contribution in [2.45, 2.75) is 32.4 Å². The highest BCUT2D eigenvalue weighted by atomic mass is 35.5. The van der Waals surface area contributed by atoms with Gasteiger partial charge in [-0.3, -0.25) is 16.0 Å². The van der Waals surface area contributed by atoms with E-state index in [0.717, 1.165) is 24.1 Å². The summed E-state index contributed by atoms with van der Waals surface area (Å²) in [6, 6.07) is 5.57. The molecular weight excluding hydrogens is 295 g/mol.